The van der Waals surface area contributed by atoms with E-state index in [0.29, 0.717) is 0 Å². The van der Waals surface area contributed by atoms with Crippen molar-refractivity contribution in [3.63, 3.8) is 0 Å². The lowest BCUT2D eigenvalue weighted by Crippen LogP contribution is -2.17. The molecule has 1 nitrogen and oxygen atoms in total. The fourth-order valence-corrected chi connectivity index (χ4v) is 2.59. The van der Waals surface area contributed by atoms with Crippen LogP contribution in [0, 0.1) is 19.8 Å². The Morgan fingerprint density at radius 3 is 2.62 bits per heavy atom. The average Bonchev–Trinajstić information content (AvgIpc) is 2.32. The van der Waals surface area contributed by atoms with Gasteiger partial charge in [-0.2, -0.15) is 0 Å². The molecule has 1 saturated carbocycles. The van der Waals surface area contributed by atoms with Crippen LogP contribution in [-0.2, 0) is 0 Å². The Morgan fingerprint density at radius 2 is 1.88 bits per heavy atom. The number of benzene rings is 1. The van der Waals surface area contributed by atoms with Gasteiger partial charge in [-0.05, 0) is 49.8 Å². The molecule has 0 unspecified atom stereocenters. The van der Waals surface area contributed by atoms with Crippen LogP contribution < -0.4 is 5.32 Å². The van der Waals surface area contributed by atoms with E-state index in [1.807, 2.05) is 0 Å². The predicted molar refractivity (Wildman–Crippen MR) is 71.0 cm³/mol. The van der Waals surface area contributed by atoms with Gasteiger partial charge in [0.05, 0.1) is 0 Å². The summed E-state index contributed by atoms with van der Waals surface area (Å²) in [6.07, 6.45) is 7.13. The van der Waals surface area contributed by atoms with Gasteiger partial charge in [-0.25, -0.2) is 0 Å². The molecule has 1 aliphatic rings. The highest BCUT2D eigenvalue weighted by atomic mass is 14.9. The number of aryl methyl sites for hydroxylation is 1. The molecule has 2 rings (SSSR count). The number of hydrogen-bond donors (Lipinski definition) is 1. The van der Waals surface area contributed by atoms with Crippen molar-refractivity contribution in [3.05, 3.63) is 29.3 Å². The Bertz CT molecular complexity index is 337. The van der Waals surface area contributed by atoms with E-state index < -0.39 is 0 Å². The topological polar surface area (TPSA) is 12.0 Å². The van der Waals surface area contributed by atoms with Gasteiger partial charge in [-0.15, -0.1) is 0 Å². The lowest BCUT2D eigenvalue weighted by Gasteiger charge is -2.23. The molecule has 1 aliphatic carbocycles. The fourth-order valence-electron chi connectivity index (χ4n) is 2.59. The second-order valence-corrected chi connectivity index (χ2v) is 5.13. The van der Waals surface area contributed by atoms with Crippen molar-refractivity contribution in [2.75, 3.05) is 11.9 Å². The van der Waals surface area contributed by atoms with Crippen molar-refractivity contribution in [2.24, 2.45) is 5.92 Å². The smallest absolute Gasteiger partial charge is 0.0372 e. The summed E-state index contributed by atoms with van der Waals surface area (Å²) in [5.41, 5.74) is 4.11. The maximum atomic E-state index is 3.62. The predicted octanol–water partition coefficient (Wildman–Crippen LogP) is 4.30. The van der Waals surface area contributed by atoms with E-state index >= 15 is 0 Å². The molecule has 1 fully saturated rings. The molecule has 0 radical (unpaired) electrons. The van der Waals surface area contributed by atoms with E-state index in [1.165, 1.54) is 48.9 Å². The minimum absolute atomic E-state index is 0.897. The van der Waals surface area contributed by atoms with Crippen LogP contribution in [-0.4, -0.2) is 6.54 Å². The molecule has 0 amide bonds. The largest absolute Gasteiger partial charge is 0.385 e. The summed E-state index contributed by atoms with van der Waals surface area (Å²) < 4.78 is 0. The molecule has 0 spiro atoms. The van der Waals surface area contributed by atoms with Crippen LogP contribution in [0.5, 0.6) is 0 Å². The quantitative estimate of drug-likeness (QED) is 0.796. The molecule has 0 atom stereocenters. The van der Waals surface area contributed by atoms with Gasteiger partial charge in [0.2, 0.25) is 0 Å². The summed E-state index contributed by atoms with van der Waals surface area (Å²) in [6.45, 7) is 5.55. The second-order valence-electron chi connectivity index (χ2n) is 5.13. The van der Waals surface area contributed by atoms with Crippen LogP contribution in [0.25, 0.3) is 0 Å². The monoisotopic (exact) mass is 217 g/mol. The van der Waals surface area contributed by atoms with Gasteiger partial charge in [-0.1, -0.05) is 31.4 Å². The summed E-state index contributed by atoms with van der Waals surface area (Å²) in [5.74, 6) is 0.897. The first-order valence-electron chi connectivity index (χ1n) is 6.57. The van der Waals surface area contributed by atoms with Gasteiger partial charge < -0.3 is 5.32 Å². The van der Waals surface area contributed by atoms with Gasteiger partial charge in [0, 0.05) is 12.2 Å². The van der Waals surface area contributed by atoms with E-state index in [-0.39, 0.29) is 0 Å². The molecule has 16 heavy (non-hydrogen) atoms. The standard InChI is InChI=1S/C15H23N/c1-12-7-6-10-15(13(12)2)16-11-14-8-4-3-5-9-14/h6-7,10,14,16H,3-5,8-9,11H2,1-2H3. The van der Waals surface area contributed by atoms with E-state index in [2.05, 4.69) is 37.4 Å². The van der Waals surface area contributed by atoms with Crippen molar-refractivity contribution in [1.82, 2.24) is 0 Å². The van der Waals surface area contributed by atoms with Crippen LogP contribution in [0.1, 0.15) is 43.2 Å². The molecule has 0 bridgehead atoms. The molecule has 0 aromatic heterocycles. The van der Waals surface area contributed by atoms with Crippen molar-refractivity contribution >= 4 is 5.69 Å². The Morgan fingerprint density at radius 1 is 1.12 bits per heavy atom. The molecule has 1 aromatic carbocycles. The van der Waals surface area contributed by atoms with Crippen molar-refractivity contribution in [1.29, 1.82) is 0 Å². The number of rotatable bonds is 3. The first-order valence-corrected chi connectivity index (χ1v) is 6.57. The second kappa shape index (κ2) is 5.38. The van der Waals surface area contributed by atoms with Crippen molar-refractivity contribution < 1.29 is 0 Å². The molecular formula is C15H23N. The zero-order valence-corrected chi connectivity index (χ0v) is 10.6. The van der Waals surface area contributed by atoms with Crippen LogP contribution in [0.15, 0.2) is 18.2 Å². The van der Waals surface area contributed by atoms with Gasteiger partial charge in [0.25, 0.3) is 0 Å². The van der Waals surface area contributed by atoms with E-state index in [1.54, 1.807) is 0 Å². The van der Waals surface area contributed by atoms with Crippen LogP contribution in [0.4, 0.5) is 5.69 Å². The lowest BCUT2D eigenvalue weighted by molar-refractivity contribution is 0.373. The molecule has 1 heteroatoms. The number of anilines is 1. The highest BCUT2D eigenvalue weighted by Gasteiger charge is 2.13. The van der Waals surface area contributed by atoms with Gasteiger partial charge in [0.15, 0.2) is 0 Å². The zero-order valence-electron chi connectivity index (χ0n) is 10.6. The average molecular weight is 217 g/mol. The molecule has 0 aliphatic heterocycles. The molecule has 88 valence electrons. The SMILES string of the molecule is Cc1cccc(NCC2CCCCC2)c1C. The van der Waals surface area contributed by atoms with Gasteiger partial charge in [-0.3, -0.25) is 0 Å². The number of hydrogen-bond acceptors (Lipinski definition) is 1. The third-order valence-electron chi connectivity index (χ3n) is 3.91. The Labute approximate surface area is 99.3 Å². The Kier molecular flexibility index (Phi) is 3.87. The maximum absolute atomic E-state index is 3.62. The number of nitrogens with one attached hydrogen (secondary N) is 1. The maximum Gasteiger partial charge on any atom is 0.0372 e. The Balaban J connectivity index is 1.91. The van der Waals surface area contributed by atoms with Crippen LogP contribution in [0.2, 0.25) is 0 Å². The first kappa shape index (κ1) is 11.5. The minimum Gasteiger partial charge on any atom is -0.385 e. The summed E-state index contributed by atoms with van der Waals surface area (Å²) in [7, 11) is 0. The molecule has 0 saturated heterocycles. The minimum atomic E-state index is 0.897. The van der Waals surface area contributed by atoms with Crippen LogP contribution in [0.3, 0.4) is 0 Å². The summed E-state index contributed by atoms with van der Waals surface area (Å²) in [6, 6.07) is 6.53. The van der Waals surface area contributed by atoms with Gasteiger partial charge in [0.1, 0.15) is 0 Å². The molecule has 1 aromatic rings. The Hall–Kier alpha value is -0.980. The summed E-state index contributed by atoms with van der Waals surface area (Å²) in [4.78, 5) is 0. The van der Waals surface area contributed by atoms with E-state index in [4.69, 9.17) is 0 Å². The summed E-state index contributed by atoms with van der Waals surface area (Å²) >= 11 is 0. The third-order valence-corrected chi connectivity index (χ3v) is 3.91. The highest BCUT2D eigenvalue weighted by molar-refractivity contribution is 5.53. The van der Waals surface area contributed by atoms with E-state index in [9.17, 15) is 0 Å². The summed E-state index contributed by atoms with van der Waals surface area (Å²) in [5, 5.41) is 3.62. The highest BCUT2D eigenvalue weighted by Crippen LogP contribution is 2.25. The third kappa shape index (κ3) is 2.78. The fraction of sp³-hybridized carbons (Fsp3) is 0.600. The zero-order chi connectivity index (χ0) is 11.4. The van der Waals surface area contributed by atoms with Crippen LogP contribution >= 0.6 is 0 Å². The van der Waals surface area contributed by atoms with Crippen molar-refractivity contribution in [3.8, 4) is 0 Å². The molecular weight excluding hydrogens is 194 g/mol. The van der Waals surface area contributed by atoms with E-state index in [0.717, 1.165) is 12.5 Å². The van der Waals surface area contributed by atoms with Crippen molar-refractivity contribution in [2.45, 2.75) is 46.0 Å². The molecule has 1 N–H and O–H groups in total. The first-order chi connectivity index (χ1) is 7.77. The van der Waals surface area contributed by atoms with Gasteiger partial charge >= 0.3 is 0 Å². The lowest BCUT2D eigenvalue weighted by atomic mass is 9.89. The molecule has 0 heterocycles. The normalized spacial score (nSPS) is 17.4.